The van der Waals surface area contributed by atoms with E-state index in [0.717, 1.165) is 0 Å². The zero-order valence-corrected chi connectivity index (χ0v) is 13.6. The molecule has 0 amide bonds. The van der Waals surface area contributed by atoms with E-state index in [0.29, 0.717) is 16.1 Å². The Morgan fingerprint density at radius 3 is 2.57 bits per heavy atom. The number of hydrogen-bond acceptors (Lipinski definition) is 4. The standard InChI is InChI=1S/C17H14Cl2O4/c18-14-8-6-13(7-9-14)17(19)22-11-15(23-17)10-21-16(20)12-4-2-1-3-5-12/h1-9,15H,10-11H2/t15-,17+/m1/s1. The Balaban J connectivity index is 1.57. The van der Waals surface area contributed by atoms with E-state index < -0.39 is 17.3 Å². The maximum absolute atomic E-state index is 11.9. The molecule has 0 aliphatic carbocycles. The van der Waals surface area contributed by atoms with Gasteiger partial charge in [0, 0.05) is 10.6 Å². The number of hydrogen-bond donors (Lipinski definition) is 0. The van der Waals surface area contributed by atoms with Crippen LogP contribution in [0.3, 0.4) is 0 Å². The Labute approximate surface area is 143 Å². The van der Waals surface area contributed by atoms with Gasteiger partial charge in [-0.1, -0.05) is 53.5 Å². The molecule has 3 rings (SSSR count). The van der Waals surface area contributed by atoms with Crippen LogP contribution in [0, 0.1) is 0 Å². The molecule has 0 unspecified atom stereocenters. The molecule has 0 spiro atoms. The lowest BCUT2D eigenvalue weighted by Crippen LogP contribution is -2.24. The van der Waals surface area contributed by atoms with Crippen LogP contribution in [0.2, 0.25) is 5.02 Å². The normalized spacial score (nSPS) is 23.7. The molecule has 0 radical (unpaired) electrons. The van der Waals surface area contributed by atoms with Crippen molar-refractivity contribution < 1.29 is 19.0 Å². The van der Waals surface area contributed by atoms with Crippen LogP contribution in [0.1, 0.15) is 15.9 Å². The predicted octanol–water partition coefficient (Wildman–Crippen LogP) is 3.96. The Kier molecular flexibility index (Phi) is 4.87. The third-order valence-corrected chi connectivity index (χ3v) is 4.04. The summed E-state index contributed by atoms with van der Waals surface area (Å²) in [6.07, 6.45) is -0.434. The summed E-state index contributed by atoms with van der Waals surface area (Å²) in [6, 6.07) is 15.6. The first kappa shape index (κ1) is 16.3. The van der Waals surface area contributed by atoms with E-state index in [1.54, 1.807) is 48.5 Å². The minimum absolute atomic E-state index is 0.0653. The molecule has 2 atom stereocenters. The number of ether oxygens (including phenoxy) is 3. The molecule has 1 aliphatic rings. The van der Waals surface area contributed by atoms with Crippen molar-refractivity contribution in [3.63, 3.8) is 0 Å². The molecule has 0 saturated carbocycles. The van der Waals surface area contributed by atoms with E-state index in [1.165, 1.54) is 0 Å². The van der Waals surface area contributed by atoms with E-state index in [9.17, 15) is 4.79 Å². The number of carbonyl (C=O) groups is 1. The number of rotatable bonds is 4. The van der Waals surface area contributed by atoms with Gasteiger partial charge in [-0.2, -0.15) is 0 Å². The van der Waals surface area contributed by atoms with Crippen LogP contribution in [0.25, 0.3) is 0 Å². The van der Waals surface area contributed by atoms with E-state index in [2.05, 4.69) is 0 Å². The molecule has 0 N–H and O–H groups in total. The van der Waals surface area contributed by atoms with Crippen LogP contribution >= 0.6 is 23.2 Å². The molecular formula is C17H14Cl2O4. The fraction of sp³-hybridized carbons (Fsp3) is 0.235. The van der Waals surface area contributed by atoms with E-state index >= 15 is 0 Å². The van der Waals surface area contributed by atoms with E-state index in [1.807, 2.05) is 6.07 Å². The lowest BCUT2D eigenvalue weighted by Gasteiger charge is -2.20. The SMILES string of the molecule is O=C(OC[C@@H]1CO[C@@](Cl)(c2ccc(Cl)cc2)O1)c1ccccc1. The predicted molar refractivity (Wildman–Crippen MR) is 86.5 cm³/mol. The number of esters is 1. The zero-order valence-electron chi connectivity index (χ0n) is 12.1. The van der Waals surface area contributed by atoms with Crippen LogP contribution in [-0.4, -0.2) is 25.3 Å². The Bertz CT molecular complexity index is 675. The van der Waals surface area contributed by atoms with E-state index in [-0.39, 0.29) is 13.2 Å². The van der Waals surface area contributed by atoms with Gasteiger partial charge in [0.25, 0.3) is 5.25 Å². The van der Waals surface area contributed by atoms with Gasteiger partial charge in [-0.05, 0) is 24.3 Å². The van der Waals surface area contributed by atoms with Gasteiger partial charge in [-0.15, -0.1) is 0 Å². The summed E-state index contributed by atoms with van der Waals surface area (Å²) in [4.78, 5) is 11.9. The van der Waals surface area contributed by atoms with Gasteiger partial charge in [-0.25, -0.2) is 4.79 Å². The Morgan fingerprint density at radius 2 is 1.87 bits per heavy atom. The number of carbonyl (C=O) groups excluding carboxylic acids is 1. The van der Waals surface area contributed by atoms with Crippen LogP contribution < -0.4 is 0 Å². The van der Waals surface area contributed by atoms with Crippen molar-refractivity contribution in [1.29, 1.82) is 0 Å². The molecule has 2 aromatic carbocycles. The number of benzene rings is 2. The first-order valence-corrected chi connectivity index (χ1v) is 7.81. The second-order valence-corrected chi connectivity index (χ2v) is 5.99. The number of alkyl halides is 1. The first-order valence-electron chi connectivity index (χ1n) is 7.06. The zero-order chi connectivity index (χ0) is 16.3. The second kappa shape index (κ2) is 6.89. The molecule has 23 heavy (non-hydrogen) atoms. The summed E-state index contributed by atoms with van der Waals surface area (Å²) in [6.45, 7) is 0.296. The monoisotopic (exact) mass is 352 g/mol. The summed E-state index contributed by atoms with van der Waals surface area (Å²) < 4.78 is 16.4. The number of halogens is 2. The van der Waals surface area contributed by atoms with Crippen molar-refractivity contribution in [2.45, 2.75) is 11.4 Å². The average Bonchev–Trinajstić information content (AvgIpc) is 2.96. The highest BCUT2D eigenvalue weighted by molar-refractivity contribution is 6.30. The highest BCUT2D eigenvalue weighted by Gasteiger charge is 2.42. The summed E-state index contributed by atoms with van der Waals surface area (Å²) in [5.74, 6) is -0.409. The van der Waals surface area contributed by atoms with Crippen molar-refractivity contribution in [2.24, 2.45) is 0 Å². The van der Waals surface area contributed by atoms with Gasteiger partial charge in [-0.3, -0.25) is 0 Å². The molecule has 120 valence electrons. The molecule has 0 bridgehead atoms. The molecule has 1 heterocycles. The van der Waals surface area contributed by atoms with Gasteiger partial charge in [0.2, 0.25) is 0 Å². The average molecular weight is 353 g/mol. The summed E-state index contributed by atoms with van der Waals surface area (Å²) in [5.41, 5.74) is 1.13. The smallest absolute Gasteiger partial charge is 0.338 e. The van der Waals surface area contributed by atoms with Crippen molar-refractivity contribution in [1.82, 2.24) is 0 Å². The van der Waals surface area contributed by atoms with Gasteiger partial charge < -0.3 is 14.2 Å². The molecule has 1 fully saturated rings. The summed E-state index contributed by atoms with van der Waals surface area (Å²) in [7, 11) is 0. The van der Waals surface area contributed by atoms with Crippen molar-refractivity contribution in [2.75, 3.05) is 13.2 Å². The minimum atomic E-state index is -1.38. The highest BCUT2D eigenvalue weighted by atomic mass is 35.5. The van der Waals surface area contributed by atoms with E-state index in [4.69, 9.17) is 37.4 Å². The van der Waals surface area contributed by atoms with Crippen molar-refractivity contribution in [3.8, 4) is 0 Å². The molecule has 1 saturated heterocycles. The summed E-state index contributed by atoms with van der Waals surface area (Å²) >= 11 is 12.2. The third kappa shape index (κ3) is 3.85. The van der Waals surface area contributed by atoms with Crippen LogP contribution in [0.15, 0.2) is 54.6 Å². The molecule has 1 aliphatic heterocycles. The molecule has 2 aromatic rings. The van der Waals surface area contributed by atoms with Gasteiger partial charge in [0.05, 0.1) is 12.2 Å². The highest BCUT2D eigenvalue weighted by Crippen LogP contribution is 2.38. The largest absolute Gasteiger partial charge is 0.459 e. The Hall–Kier alpha value is -1.59. The fourth-order valence-corrected chi connectivity index (χ4v) is 2.63. The maximum Gasteiger partial charge on any atom is 0.338 e. The topological polar surface area (TPSA) is 44.8 Å². The van der Waals surface area contributed by atoms with Gasteiger partial charge in [0.15, 0.2) is 0 Å². The maximum atomic E-state index is 11.9. The second-order valence-electron chi connectivity index (χ2n) is 5.06. The first-order chi connectivity index (χ1) is 11.1. The quantitative estimate of drug-likeness (QED) is 0.617. The lowest BCUT2D eigenvalue weighted by atomic mass is 10.2. The molecular weight excluding hydrogens is 339 g/mol. The van der Waals surface area contributed by atoms with Crippen LogP contribution in [-0.2, 0) is 19.5 Å². The van der Waals surface area contributed by atoms with Gasteiger partial charge in [0.1, 0.15) is 12.7 Å². The summed E-state index contributed by atoms with van der Waals surface area (Å²) in [5, 5.41) is -0.783. The lowest BCUT2D eigenvalue weighted by molar-refractivity contribution is -0.110. The third-order valence-electron chi connectivity index (χ3n) is 3.37. The molecule has 4 nitrogen and oxygen atoms in total. The van der Waals surface area contributed by atoms with Crippen LogP contribution in [0.5, 0.6) is 0 Å². The molecule has 0 aromatic heterocycles. The minimum Gasteiger partial charge on any atom is -0.459 e. The fourth-order valence-electron chi connectivity index (χ4n) is 2.19. The molecule has 6 heteroatoms. The van der Waals surface area contributed by atoms with Gasteiger partial charge >= 0.3 is 5.97 Å². The van der Waals surface area contributed by atoms with Crippen LogP contribution in [0.4, 0.5) is 0 Å². The van der Waals surface area contributed by atoms with Crippen molar-refractivity contribution >= 4 is 29.2 Å². The van der Waals surface area contributed by atoms with Crippen molar-refractivity contribution in [3.05, 3.63) is 70.7 Å². The Morgan fingerprint density at radius 1 is 1.17 bits per heavy atom.